The Hall–Kier alpha value is -1.87. The maximum Gasteiger partial charge on any atom is 0.233 e. The zero-order valence-electron chi connectivity index (χ0n) is 14.8. The van der Waals surface area contributed by atoms with Crippen molar-refractivity contribution in [3.63, 3.8) is 0 Å². The summed E-state index contributed by atoms with van der Waals surface area (Å²) in [4.78, 5) is 12.4. The third-order valence-corrected chi connectivity index (χ3v) is 7.14. The van der Waals surface area contributed by atoms with E-state index in [1.54, 1.807) is 6.92 Å². The molecule has 140 valence electrons. The van der Waals surface area contributed by atoms with Crippen LogP contribution in [0.3, 0.4) is 0 Å². The minimum absolute atomic E-state index is 0.0272. The smallest absolute Gasteiger partial charge is 0.233 e. The normalized spacial score (nSPS) is 20.0. The lowest BCUT2D eigenvalue weighted by Gasteiger charge is -2.15. The SMILES string of the molecule is CCn1c(S[C@@H](C)C(=O)N[C@@H]2CCS(=O)(=O)C2)nnc1-c1ccccc1. The van der Waals surface area contributed by atoms with Crippen LogP contribution in [0, 0.1) is 0 Å². The highest BCUT2D eigenvalue weighted by molar-refractivity contribution is 8.00. The molecule has 1 fully saturated rings. The Morgan fingerprint density at radius 2 is 2.08 bits per heavy atom. The molecule has 1 N–H and O–H groups in total. The van der Waals surface area contributed by atoms with E-state index in [-0.39, 0.29) is 23.5 Å². The van der Waals surface area contributed by atoms with Gasteiger partial charge in [-0.3, -0.25) is 4.79 Å². The summed E-state index contributed by atoms with van der Waals surface area (Å²) in [5, 5.41) is 11.6. The fraction of sp³-hybridized carbons (Fsp3) is 0.471. The van der Waals surface area contributed by atoms with E-state index in [1.807, 2.05) is 41.8 Å². The molecule has 3 rings (SSSR count). The molecule has 0 bridgehead atoms. The predicted octanol–water partition coefficient (Wildman–Crippen LogP) is 1.75. The van der Waals surface area contributed by atoms with Crippen LogP contribution in [-0.2, 0) is 21.2 Å². The molecule has 2 atom stereocenters. The van der Waals surface area contributed by atoms with Gasteiger partial charge in [0.05, 0.1) is 16.8 Å². The van der Waals surface area contributed by atoms with E-state index < -0.39 is 15.1 Å². The van der Waals surface area contributed by atoms with Crippen molar-refractivity contribution in [2.45, 2.75) is 43.3 Å². The molecule has 7 nitrogen and oxygen atoms in total. The van der Waals surface area contributed by atoms with Crippen molar-refractivity contribution in [2.75, 3.05) is 11.5 Å². The number of benzene rings is 1. The van der Waals surface area contributed by atoms with Crippen molar-refractivity contribution in [2.24, 2.45) is 0 Å². The van der Waals surface area contributed by atoms with Gasteiger partial charge in [0, 0.05) is 18.2 Å². The Bertz CT molecular complexity index is 881. The van der Waals surface area contributed by atoms with E-state index in [0.29, 0.717) is 18.1 Å². The van der Waals surface area contributed by atoms with Crippen LogP contribution in [0.5, 0.6) is 0 Å². The molecule has 1 aliphatic rings. The molecule has 1 aromatic carbocycles. The van der Waals surface area contributed by atoms with Crippen molar-refractivity contribution >= 4 is 27.5 Å². The van der Waals surface area contributed by atoms with E-state index in [0.717, 1.165) is 11.4 Å². The fourth-order valence-corrected chi connectivity index (χ4v) is 5.50. The molecule has 2 heterocycles. The van der Waals surface area contributed by atoms with Gasteiger partial charge in [-0.25, -0.2) is 8.42 Å². The Morgan fingerprint density at radius 3 is 2.69 bits per heavy atom. The zero-order valence-corrected chi connectivity index (χ0v) is 16.4. The molecular weight excluding hydrogens is 372 g/mol. The van der Waals surface area contributed by atoms with E-state index in [1.165, 1.54) is 11.8 Å². The number of carbonyl (C=O) groups is 1. The lowest BCUT2D eigenvalue weighted by molar-refractivity contribution is -0.120. The van der Waals surface area contributed by atoms with Gasteiger partial charge in [-0.15, -0.1) is 10.2 Å². The van der Waals surface area contributed by atoms with Gasteiger partial charge in [0.2, 0.25) is 5.91 Å². The van der Waals surface area contributed by atoms with Crippen LogP contribution in [0.25, 0.3) is 11.4 Å². The summed E-state index contributed by atoms with van der Waals surface area (Å²) >= 11 is 1.33. The summed E-state index contributed by atoms with van der Waals surface area (Å²) in [7, 11) is -3.01. The third kappa shape index (κ3) is 4.27. The predicted molar refractivity (Wildman–Crippen MR) is 102 cm³/mol. The summed E-state index contributed by atoms with van der Waals surface area (Å²) in [5.74, 6) is 0.762. The van der Waals surface area contributed by atoms with Crippen LogP contribution in [0.2, 0.25) is 0 Å². The average Bonchev–Trinajstić information content (AvgIpc) is 3.17. The van der Waals surface area contributed by atoms with Gasteiger partial charge in [0.15, 0.2) is 20.8 Å². The van der Waals surface area contributed by atoms with Gasteiger partial charge in [-0.05, 0) is 20.3 Å². The lowest BCUT2D eigenvalue weighted by atomic mass is 10.2. The monoisotopic (exact) mass is 394 g/mol. The fourth-order valence-electron chi connectivity index (χ4n) is 2.90. The molecule has 0 aliphatic carbocycles. The minimum atomic E-state index is -3.01. The largest absolute Gasteiger partial charge is 0.351 e. The van der Waals surface area contributed by atoms with Gasteiger partial charge in [-0.2, -0.15) is 0 Å². The molecule has 26 heavy (non-hydrogen) atoms. The second-order valence-electron chi connectivity index (χ2n) is 6.29. The van der Waals surface area contributed by atoms with Crippen molar-refractivity contribution in [3.8, 4) is 11.4 Å². The minimum Gasteiger partial charge on any atom is -0.351 e. The molecule has 0 radical (unpaired) electrons. The molecule has 9 heteroatoms. The van der Waals surface area contributed by atoms with E-state index in [4.69, 9.17) is 0 Å². The van der Waals surface area contributed by atoms with Crippen molar-refractivity contribution in [1.82, 2.24) is 20.1 Å². The number of aromatic nitrogens is 3. The summed E-state index contributed by atoms with van der Waals surface area (Å²) in [5.41, 5.74) is 0.974. The van der Waals surface area contributed by atoms with Crippen molar-refractivity contribution < 1.29 is 13.2 Å². The second-order valence-corrected chi connectivity index (χ2v) is 9.82. The maximum atomic E-state index is 12.4. The molecule has 1 aliphatic heterocycles. The Labute approximate surface area is 157 Å². The summed E-state index contributed by atoms with van der Waals surface area (Å²) in [6, 6.07) is 9.49. The van der Waals surface area contributed by atoms with Crippen LogP contribution in [0.1, 0.15) is 20.3 Å². The standard InChI is InChI=1S/C17H22N4O3S2/c1-3-21-15(13-7-5-4-6-8-13)19-20-17(21)25-12(2)16(22)18-14-9-10-26(23,24)11-14/h4-8,12,14H,3,9-11H2,1-2H3,(H,18,22)/t12-,14+/m0/s1. The molecule has 2 aromatic rings. The van der Waals surface area contributed by atoms with Gasteiger partial charge in [0.25, 0.3) is 0 Å². The quantitative estimate of drug-likeness (QED) is 0.750. The zero-order chi connectivity index (χ0) is 18.7. The van der Waals surface area contributed by atoms with Crippen LogP contribution in [0.15, 0.2) is 35.5 Å². The second kappa shape index (κ2) is 7.79. The van der Waals surface area contributed by atoms with Crippen LogP contribution in [0.4, 0.5) is 0 Å². The van der Waals surface area contributed by atoms with Crippen LogP contribution in [-0.4, -0.2) is 51.9 Å². The Balaban J connectivity index is 1.68. The van der Waals surface area contributed by atoms with Gasteiger partial charge in [0.1, 0.15) is 0 Å². The first-order chi connectivity index (χ1) is 12.4. The molecule has 1 aromatic heterocycles. The average molecular weight is 395 g/mol. The number of hydrogen-bond acceptors (Lipinski definition) is 6. The number of nitrogens with zero attached hydrogens (tertiary/aromatic N) is 3. The highest BCUT2D eigenvalue weighted by Crippen LogP contribution is 2.27. The topological polar surface area (TPSA) is 94.0 Å². The third-order valence-electron chi connectivity index (χ3n) is 4.30. The Morgan fingerprint density at radius 1 is 1.35 bits per heavy atom. The number of thioether (sulfide) groups is 1. The van der Waals surface area contributed by atoms with Crippen molar-refractivity contribution in [1.29, 1.82) is 0 Å². The van der Waals surface area contributed by atoms with Gasteiger partial charge in [-0.1, -0.05) is 42.1 Å². The molecule has 1 saturated heterocycles. The maximum absolute atomic E-state index is 12.4. The number of hydrogen-bond donors (Lipinski definition) is 1. The number of nitrogens with one attached hydrogen (secondary N) is 1. The first-order valence-corrected chi connectivity index (χ1v) is 11.3. The molecule has 1 amide bonds. The summed E-state index contributed by atoms with van der Waals surface area (Å²) < 4.78 is 25.0. The van der Waals surface area contributed by atoms with Gasteiger partial charge < -0.3 is 9.88 Å². The van der Waals surface area contributed by atoms with E-state index in [9.17, 15) is 13.2 Å². The van der Waals surface area contributed by atoms with Crippen molar-refractivity contribution in [3.05, 3.63) is 30.3 Å². The van der Waals surface area contributed by atoms with Crippen LogP contribution >= 0.6 is 11.8 Å². The van der Waals surface area contributed by atoms with Crippen LogP contribution < -0.4 is 5.32 Å². The molecule has 0 spiro atoms. The molecular formula is C17H22N4O3S2. The highest BCUT2D eigenvalue weighted by atomic mass is 32.2. The van der Waals surface area contributed by atoms with Gasteiger partial charge >= 0.3 is 0 Å². The number of sulfone groups is 1. The Kier molecular flexibility index (Phi) is 5.67. The molecule has 0 unspecified atom stereocenters. The molecule has 0 saturated carbocycles. The number of carbonyl (C=O) groups excluding carboxylic acids is 1. The number of amides is 1. The van der Waals surface area contributed by atoms with E-state index >= 15 is 0 Å². The first-order valence-electron chi connectivity index (χ1n) is 8.55. The number of rotatable bonds is 6. The highest BCUT2D eigenvalue weighted by Gasteiger charge is 2.30. The lowest BCUT2D eigenvalue weighted by Crippen LogP contribution is -2.40. The summed E-state index contributed by atoms with van der Waals surface area (Å²) in [6.07, 6.45) is 0.481. The van der Waals surface area contributed by atoms with E-state index in [2.05, 4.69) is 15.5 Å². The summed E-state index contributed by atoms with van der Waals surface area (Å²) in [6.45, 7) is 4.49. The first kappa shape index (κ1) is 18.9.